The van der Waals surface area contributed by atoms with Crippen LogP contribution in [0.15, 0.2) is 0 Å². The predicted molar refractivity (Wildman–Crippen MR) is 84.8 cm³/mol. The van der Waals surface area contributed by atoms with Crippen molar-refractivity contribution in [2.45, 2.75) is 102 Å². The second-order valence-electron chi connectivity index (χ2n) is 6.63. The summed E-state index contributed by atoms with van der Waals surface area (Å²) in [6.07, 6.45) is 13.3. The van der Waals surface area contributed by atoms with Crippen LogP contribution in [0.4, 0.5) is 0 Å². The zero-order chi connectivity index (χ0) is 14.8. The van der Waals surface area contributed by atoms with E-state index in [2.05, 4.69) is 0 Å². The molecule has 0 aliphatic heterocycles. The monoisotopic (exact) mass is 285 g/mol. The van der Waals surface area contributed by atoms with Gasteiger partial charge in [0.2, 0.25) is 0 Å². The Bertz CT molecular complexity index is 231. The van der Waals surface area contributed by atoms with Crippen LogP contribution in [0, 0.1) is 0 Å². The lowest BCUT2D eigenvalue weighted by Gasteiger charge is -2.37. The highest BCUT2D eigenvalue weighted by Gasteiger charge is 2.31. The van der Waals surface area contributed by atoms with E-state index in [0.717, 1.165) is 12.8 Å². The molecule has 20 heavy (non-hydrogen) atoms. The fraction of sp³-hybridized carbons (Fsp3) is 1.00. The van der Waals surface area contributed by atoms with E-state index in [1.807, 2.05) is 6.92 Å². The minimum atomic E-state index is -0.431. The van der Waals surface area contributed by atoms with Gasteiger partial charge in [-0.05, 0) is 26.7 Å². The van der Waals surface area contributed by atoms with Gasteiger partial charge in [-0.3, -0.25) is 0 Å². The summed E-state index contributed by atoms with van der Waals surface area (Å²) in [5, 5.41) is 9.70. The van der Waals surface area contributed by atoms with Crippen molar-refractivity contribution in [2.75, 3.05) is 6.54 Å². The maximum Gasteiger partial charge on any atom is 0.0811 e. The molecule has 2 unspecified atom stereocenters. The van der Waals surface area contributed by atoms with Crippen molar-refractivity contribution < 1.29 is 9.84 Å². The number of nitrogens with two attached hydrogens (primary N) is 1. The second kappa shape index (κ2) is 9.75. The van der Waals surface area contributed by atoms with Gasteiger partial charge in [0.05, 0.1) is 17.8 Å². The van der Waals surface area contributed by atoms with Crippen LogP contribution in [-0.2, 0) is 4.74 Å². The maximum absolute atomic E-state index is 9.70. The number of aliphatic hydroxyl groups excluding tert-OH is 1. The van der Waals surface area contributed by atoms with Crippen LogP contribution in [0.2, 0.25) is 0 Å². The van der Waals surface area contributed by atoms with Crippen molar-refractivity contribution in [3.63, 3.8) is 0 Å². The van der Waals surface area contributed by atoms with Crippen molar-refractivity contribution in [1.29, 1.82) is 0 Å². The van der Waals surface area contributed by atoms with Gasteiger partial charge in [-0.2, -0.15) is 0 Å². The summed E-state index contributed by atoms with van der Waals surface area (Å²) in [4.78, 5) is 0. The summed E-state index contributed by atoms with van der Waals surface area (Å²) in [5.41, 5.74) is 5.85. The zero-order valence-corrected chi connectivity index (χ0v) is 13.6. The topological polar surface area (TPSA) is 55.5 Å². The van der Waals surface area contributed by atoms with E-state index in [9.17, 15) is 5.11 Å². The SMILES string of the molecule is CC(O)C(C)OC1(CN)CCCCCCCCCCC1. The van der Waals surface area contributed by atoms with Crippen molar-refractivity contribution in [1.82, 2.24) is 0 Å². The fourth-order valence-electron chi connectivity index (χ4n) is 3.12. The second-order valence-corrected chi connectivity index (χ2v) is 6.63. The van der Waals surface area contributed by atoms with E-state index in [1.165, 1.54) is 57.8 Å². The lowest BCUT2D eigenvalue weighted by molar-refractivity contribution is -0.128. The van der Waals surface area contributed by atoms with Crippen LogP contribution < -0.4 is 5.73 Å². The normalized spacial score (nSPS) is 25.2. The zero-order valence-electron chi connectivity index (χ0n) is 13.6. The number of ether oxygens (including phenoxy) is 1. The third-order valence-electron chi connectivity index (χ3n) is 4.75. The molecule has 3 heteroatoms. The van der Waals surface area contributed by atoms with Crippen LogP contribution >= 0.6 is 0 Å². The average molecular weight is 285 g/mol. The number of aliphatic hydroxyl groups is 1. The average Bonchev–Trinajstić information content (AvgIpc) is 2.42. The summed E-state index contributed by atoms with van der Waals surface area (Å²) >= 11 is 0. The Morgan fingerprint density at radius 2 is 1.30 bits per heavy atom. The first kappa shape index (κ1) is 17.9. The first-order chi connectivity index (χ1) is 9.59. The third kappa shape index (κ3) is 6.55. The van der Waals surface area contributed by atoms with Gasteiger partial charge in [-0.25, -0.2) is 0 Å². The van der Waals surface area contributed by atoms with Crippen LogP contribution in [0.1, 0.15) is 84.5 Å². The summed E-state index contributed by atoms with van der Waals surface area (Å²) in [6.45, 7) is 4.33. The molecule has 1 aliphatic carbocycles. The number of hydrogen-bond acceptors (Lipinski definition) is 3. The van der Waals surface area contributed by atoms with Gasteiger partial charge < -0.3 is 15.6 Å². The number of hydrogen-bond donors (Lipinski definition) is 2. The molecule has 1 aliphatic rings. The molecule has 0 radical (unpaired) electrons. The van der Waals surface area contributed by atoms with E-state index < -0.39 is 6.10 Å². The van der Waals surface area contributed by atoms with Crippen LogP contribution in [0.5, 0.6) is 0 Å². The van der Waals surface area contributed by atoms with Gasteiger partial charge in [-0.1, -0.05) is 57.8 Å². The summed E-state index contributed by atoms with van der Waals surface area (Å²) < 4.78 is 6.22. The van der Waals surface area contributed by atoms with Gasteiger partial charge in [0.15, 0.2) is 0 Å². The first-order valence-electron chi connectivity index (χ1n) is 8.65. The summed E-state index contributed by atoms with van der Waals surface area (Å²) in [5.74, 6) is 0. The lowest BCUT2D eigenvalue weighted by atomic mass is 9.88. The molecule has 0 amide bonds. The summed E-state index contributed by atoms with van der Waals surface area (Å²) in [7, 11) is 0. The largest absolute Gasteiger partial charge is 0.391 e. The first-order valence-corrected chi connectivity index (χ1v) is 8.65. The molecular formula is C17H35NO2. The van der Waals surface area contributed by atoms with Gasteiger partial charge in [-0.15, -0.1) is 0 Å². The lowest BCUT2D eigenvalue weighted by Crippen LogP contribution is -2.45. The fourth-order valence-corrected chi connectivity index (χ4v) is 3.12. The van der Waals surface area contributed by atoms with Crippen molar-refractivity contribution in [3.8, 4) is 0 Å². The van der Waals surface area contributed by atoms with Gasteiger partial charge >= 0.3 is 0 Å². The molecule has 1 saturated carbocycles. The van der Waals surface area contributed by atoms with E-state index in [1.54, 1.807) is 6.92 Å². The predicted octanol–water partition coefficient (Wildman–Crippen LogP) is 3.77. The Kier molecular flexibility index (Phi) is 8.74. The van der Waals surface area contributed by atoms with Crippen LogP contribution in [0.3, 0.4) is 0 Å². The van der Waals surface area contributed by atoms with Crippen LogP contribution in [-0.4, -0.2) is 29.5 Å². The van der Waals surface area contributed by atoms with Crippen molar-refractivity contribution >= 4 is 0 Å². The molecule has 0 aromatic carbocycles. The highest BCUT2D eigenvalue weighted by Crippen LogP contribution is 2.29. The molecule has 1 fully saturated rings. The molecule has 0 saturated heterocycles. The molecular weight excluding hydrogens is 250 g/mol. The minimum Gasteiger partial charge on any atom is -0.391 e. The molecule has 0 heterocycles. The molecule has 0 spiro atoms. The standard InChI is InChI=1S/C17H35NO2/c1-15(19)16(2)20-17(14-18)12-10-8-6-4-3-5-7-9-11-13-17/h15-16,19H,3-14,18H2,1-2H3. The maximum atomic E-state index is 9.70. The quantitative estimate of drug-likeness (QED) is 0.826. The highest BCUT2D eigenvalue weighted by atomic mass is 16.5. The summed E-state index contributed by atoms with van der Waals surface area (Å²) in [6, 6.07) is 0. The van der Waals surface area contributed by atoms with Gasteiger partial charge in [0.25, 0.3) is 0 Å². The molecule has 2 atom stereocenters. The van der Waals surface area contributed by atoms with E-state index in [4.69, 9.17) is 10.5 Å². The Labute approximate surface area is 125 Å². The van der Waals surface area contributed by atoms with E-state index in [-0.39, 0.29) is 11.7 Å². The molecule has 0 bridgehead atoms. The van der Waals surface area contributed by atoms with Gasteiger partial charge in [0, 0.05) is 6.54 Å². The Morgan fingerprint density at radius 3 is 1.65 bits per heavy atom. The molecule has 0 aromatic heterocycles. The van der Waals surface area contributed by atoms with Crippen LogP contribution in [0.25, 0.3) is 0 Å². The number of rotatable bonds is 4. The third-order valence-corrected chi connectivity index (χ3v) is 4.75. The minimum absolute atomic E-state index is 0.133. The van der Waals surface area contributed by atoms with Crippen molar-refractivity contribution in [3.05, 3.63) is 0 Å². The highest BCUT2D eigenvalue weighted by molar-refractivity contribution is 4.84. The Hall–Kier alpha value is -0.120. The molecule has 3 nitrogen and oxygen atoms in total. The molecule has 3 N–H and O–H groups in total. The Morgan fingerprint density at radius 1 is 0.900 bits per heavy atom. The molecule has 120 valence electrons. The molecule has 1 rings (SSSR count). The van der Waals surface area contributed by atoms with E-state index >= 15 is 0 Å². The smallest absolute Gasteiger partial charge is 0.0811 e. The molecule has 0 aromatic rings. The van der Waals surface area contributed by atoms with Gasteiger partial charge in [0.1, 0.15) is 0 Å². The van der Waals surface area contributed by atoms with E-state index in [0.29, 0.717) is 6.54 Å². The Balaban J connectivity index is 2.59. The van der Waals surface area contributed by atoms with Crippen molar-refractivity contribution in [2.24, 2.45) is 5.73 Å².